The molecule has 4 heterocycles. The number of hydrogen-bond acceptors (Lipinski definition) is 5. The van der Waals surface area contributed by atoms with E-state index in [2.05, 4.69) is 42.7 Å². The Balaban J connectivity index is 1.36. The van der Waals surface area contributed by atoms with Crippen molar-refractivity contribution in [2.24, 2.45) is 13.0 Å². The van der Waals surface area contributed by atoms with Crippen molar-refractivity contribution in [2.75, 3.05) is 17.2 Å². The first-order valence-electron chi connectivity index (χ1n) is 12.6. The molecule has 2 unspecified atom stereocenters. The number of hydrogen-bond donors (Lipinski definition) is 2. The fourth-order valence-corrected chi connectivity index (χ4v) is 6.00. The van der Waals surface area contributed by atoms with Crippen molar-refractivity contribution in [3.63, 3.8) is 0 Å². The first kappa shape index (κ1) is 21.8. The van der Waals surface area contributed by atoms with Gasteiger partial charge >= 0.3 is 0 Å². The van der Waals surface area contributed by atoms with Crippen LogP contribution in [0.1, 0.15) is 28.8 Å². The molecule has 0 bridgehead atoms. The molecule has 3 aliphatic rings. The minimum atomic E-state index is -0.250. The van der Waals surface area contributed by atoms with E-state index in [0.717, 1.165) is 69.7 Å². The van der Waals surface area contributed by atoms with Gasteiger partial charge in [-0.2, -0.15) is 0 Å². The van der Waals surface area contributed by atoms with Gasteiger partial charge in [0.15, 0.2) is 0 Å². The highest BCUT2D eigenvalue weighted by molar-refractivity contribution is 6.10. The topological polar surface area (TPSA) is 92.1 Å². The molecule has 184 valence electrons. The van der Waals surface area contributed by atoms with Gasteiger partial charge < -0.3 is 20.1 Å². The number of carbonyl (C=O) groups is 2. The molecule has 8 heteroatoms. The summed E-state index contributed by atoms with van der Waals surface area (Å²) >= 11 is 0. The van der Waals surface area contributed by atoms with E-state index in [9.17, 15) is 9.59 Å². The lowest BCUT2D eigenvalue weighted by atomic mass is 9.94. The molecule has 2 amide bonds. The molecule has 1 saturated heterocycles. The Morgan fingerprint density at radius 3 is 2.73 bits per heavy atom. The second-order valence-corrected chi connectivity index (χ2v) is 10.1. The molecule has 2 aliphatic heterocycles. The first-order chi connectivity index (χ1) is 18.0. The van der Waals surface area contributed by atoms with Crippen molar-refractivity contribution in [1.29, 1.82) is 0 Å². The number of carbonyl (C=O) groups excluding carboxylic acids is 2. The van der Waals surface area contributed by atoms with Gasteiger partial charge in [0.05, 0.1) is 11.1 Å². The van der Waals surface area contributed by atoms with E-state index in [4.69, 9.17) is 0 Å². The highest BCUT2D eigenvalue weighted by Crippen LogP contribution is 2.47. The van der Waals surface area contributed by atoms with Crippen LogP contribution in [0.4, 0.5) is 11.5 Å². The number of aromatic nitrogens is 3. The summed E-state index contributed by atoms with van der Waals surface area (Å²) in [4.78, 5) is 36.3. The molecule has 2 aromatic heterocycles. The zero-order chi connectivity index (χ0) is 25.3. The Morgan fingerprint density at radius 1 is 1.16 bits per heavy atom. The van der Waals surface area contributed by atoms with Gasteiger partial charge in [-0.25, -0.2) is 9.97 Å². The average Bonchev–Trinajstić information content (AvgIpc) is 3.53. The van der Waals surface area contributed by atoms with E-state index in [-0.39, 0.29) is 11.8 Å². The lowest BCUT2D eigenvalue weighted by Crippen LogP contribution is -2.30. The highest BCUT2D eigenvalue weighted by atomic mass is 16.2. The number of piperidine rings is 1. The van der Waals surface area contributed by atoms with E-state index in [1.807, 2.05) is 43.4 Å². The maximum Gasteiger partial charge on any atom is 0.254 e. The Morgan fingerprint density at radius 2 is 2.00 bits per heavy atom. The third-order valence-corrected chi connectivity index (χ3v) is 7.93. The Bertz CT molecular complexity index is 1620. The number of nitrogens with zero attached hydrogens (tertiary/aromatic N) is 4. The van der Waals surface area contributed by atoms with Gasteiger partial charge in [-0.15, -0.1) is 0 Å². The zero-order valence-electron chi connectivity index (χ0n) is 20.5. The molecule has 2 aromatic carbocycles. The first-order valence-corrected chi connectivity index (χ1v) is 12.6. The molecule has 0 spiro atoms. The average molecular weight is 491 g/mol. The third-order valence-electron chi connectivity index (χ3n) is 7.93. The van der Waals surface area contributed by atoms with Crippen LogP contribution in [0.3, 0.4) is 0 Å². The van der Waals surface area contributed by atoms with Gasteiger partial charge in [-0.3, -0.25) is 9.59 Å². The predicted octanol–water partition coefficient (Wildman–Crippen LogP) is 4.59. The smallest absolute Gasteiger partial charge is 0.254 e. The standard InChI is InChI=1S/C29H26N6O2/c1-3-23(36)33-20-7-4-16(5-8-20)26-24-21-9-6-18(29(37)35-11-10-17-13-22(17)35)12-19(21)14-30-27-25(24)28(34(26)2)32-15-31-27/h3-9,12,15,17,22H,1,10-11,13-14H2,2H3,(H,33,36)(H,30,31,32). The monoisotopic (exact) mass is 490 g/mol. The molecular weight excluding hydrogens is 464 g/mol. The summed E-state index contributed by atoms with van der Waals surface area (Å²) in [5, 5.41) is 7.24. The number of amides is 2. The second kappa shape index (κ2) is 8.03. The Labute approximate surface area is 214 Å². The lowest BCUT2D eigenvalue weighted by Gasteiger charge is -2.19. The van der Waals surface area contributed by atoms with E-state index in [1.54, 1.807) is 6.33 Å². The number of anilines is 2. The van der Waals surface area contributed by atoms with Crippen LogP contribution >= 0.6 is 0 Å². The summed E-state index contributed by atoms with van der Waals surface area (Å²) in [6.45, 7) is 4.94. The summed E-state index contributed by atoms with van der Waals surface area (Å²) in [6.07, 6.45) is 5.10. The van der Waals surface area contributed by atoms with Crippen molar-refractivity contribution in [3.05, 3.63) is 72.6 Å². The van der Waals surface area contributed by atoms with Crippen LogP contribution in [-0.2, 0) is 18.4 Å². The number of benzene rings is 2. The molecule has 2 N–H and O–H groups in total. The van der Waals surface area contributed by atoms with Crippen LogP contribution in [0.2, 0.25) is 0 Å². The normalized spacial score (nSPS) is 19.0. The van der Waals surface area contributed by atoms with Crippen molar-refractivity contribution in [2.45, 2.75) is 25.4 Å². The van der Waals surface area contributed by atoms with Gasteiger partial charge in [0.2, 0.25) is 5.91 Å². The summed E-state index contributed by atoms with van der Waals surface area (Å²) in [7, 11) is 2.00. The number of aryl methyl sites for hydroxylation is 1. The van der Waals surface area contributed by atoms with Crippen molar-refractivity contribution < 1.29 is 9.59 Å². The summed E-state index contributed by atoms with van der Waals surface area (Å²) in [6, 6.07) is 14.3. The van der Waals surface area contributed by atoms with E-state index >= 15 is 0 Å². The summed E-state index contributed by atoms with van der Waals surface area (Å²) in [5.74, 6) is 1.36. The molecule has 1 aliphatic carbocycles. The summed E-state index contributed by atoms with van der Waals surface area (Å²) in [5.41, 5.74) is 7.41. The maximum atomic E-state index is 13.3. The van der Waals surface area contributed by atoms with Crippen LogP contribution in [0, 0.1) is 5.92 Å². The van der Waals surface area contributed by atoms with Gasteiger partial charge in [0.25, 0.3) is 5.91 Å². The number of nitrogens with one attached hydrogen (secondary N) is 2. The molecule has 1 saturated carbocycles. The van der Waals surface area contributed by atoms with Crippen molar-refractivity contribution in [3.8, 4) is 22.4 Å². The molecule has 2 atom stereocenters. The van der Waals surface area contributed by atoms with Gasteiger partial charge in [-0.1, -0.05) is 24.8 Å². The van der Waals surface area contributed by atoms with Gasteiger partial charge in [0, 0.05) is 43.0 Å². The number of likely N-dealkylation sites (tertiary alicyclic amines) is 1. The van der Waals surface area contributed by atoms with E-state index in [1.165, 1.54) is 6.08 Å². The zero-order valence-corrected chi connectivity index (χ0v) is 20.5. The molecular formula is C29H26N6O2. The number of fused-ring (bicyclic) bond motifs is 3. The highest BCUT2D eigenvalue weighted by Gasteiger charge is 2.48. The van der Waals surface area contributed by atoms with Crippen LogP contribution < -0.4 is 10.6 Å². The van der Waals surface area contributed by atoms with Gasteiger partial charge in [-0.05, 0) is 65.8 Å². The quantitative estimate of drug-likeness (QED) is 0.409. The third kappa shape index (κ3) is 3.36. The molecule has 7 rings (SSSR count). The predicted molar refractivity (Wildman–Crippen MR) is 143 cm³/mol. The molecule has 2 fully saturated rings. The molecule has 4 aromatic rings. The largest absolute Gasteiger partial charge is 0.365 e. The number of rotatable bonds is 4. The lowest BCUT2D eigenvalue weighted by molar-refractivity contribution is -0.111. The van der Waals surface area contributed by atoms with Crippen LogP contribution in [0.25, 0.3) is 33.4 Å². The molecule has 8 nitrogen and oxygen atoms in total. The molecule has 37 heavy (non-hydrogen) atoms. The fraction of sp³-hybridized carbons (Fsp3) is 0.241. The minimum absolute atomic E-state index is 0.130. The van der Waals surface area contributed by atoms with Crippen LogP contribution in [0.5, 0.6) is 0 Å². The van der Waals surface area contributed by atoms with Crippen LogP contribution in [0.15, 0.2) is 61.4 Å². The SMILES string of the molecule is C=CC(=O)Nc1ccc(-c2c3c4c(ncnc4n2C)NCc2cc(C(=O)N4CCC5CC54)ccc2-3)cc1. The second-order valence-electron chi connectivity index (χ2n) is 10.1. The summed E-state index contributed by atoms with van der Waals surface area (Å²) < 4.78 is 2.08. The van der Waals surface area contributed by atoms with Crippen molar-refractivity contribution in [1.82, 2.24) is 19.4 Å². The fourth-order valence-electron chi connectivity index (χ4n) is 6.00. The minimum Gasteiger partial charge on any atom is -0.365 e. The van der Waals surface area contributed by atoms with Crippen molar-refractivity contribution >= 4 is 34.4 Å². The Kier molecular flexibility index (Phi) is 4.73. The van der Waals surface area contributed by atoms with Gasteiger partial charge in [0.1, 0.15) is 17.8 Å². The maximum absolute atomic E-state index is 13.3. The Hall–Kier alpha value is -4.46. The molecule has 0 radical (unpaired) electrons. The van der Waals surface area contributed by atoms with E-state index in [0.29, 0.717) is 24.2 Å². The van der Waals surface area contributed by atoms with E-state index < -0.39 is 0 Å². The van der Waals surface area contributed by atoms with Crippen LogP contribution in [-0.4, -0.2) is 43.8 Å².